The van der Waals surface area contributed by atoms with Gasteiger partial charge in [-0.2, -0.15) is 0 Å². The first-order valence-corrected chi connectivity index (χ1v) is 9.13. The van der Waals surface area contributed by atoms with Crippen LogP contribution in [0.5, 0.6) is 0 Å². The maximum Gasteiger partial charge on any atom is 0.171 e. The predicted octanol–water partition coefficient (Wildman–Crippen LogP) is 3.39. The van der Waals surface area contributed by atoms with Crippen molar-refractivity contribution < 1.29 is 4.74 Å². The Balaban J connectivity index is 1.52. The fourth-order valence-electron chi connectivity index (χ4n) is 3.44. The molecule has 1 saturated heterocycles. The molecule has 0 bridgehead atoms. The molecular weight excluding hydrogens is 306 g/mol. The van der Waals surface area contributed by atoms with Crippen LogP contribution in [-0.4, -0.2) is 37.5 Å². The summed E-state index contributed by atoms with van der Waals surface area (Å²) in [6, 6.07) is 9.02. The van der Waals surface area contributed by atoms with Crippen LogP contribution in [0, 0.1) is 5.92 Å². The maximum absolute atomic E-state index is 5.48. The first-order valence-electron chi connectivity index (χ1n) is 8.72. The number of benzene rings is 1. The molecule has 5 heteroatoms. The molecule has 3 rings (SSSR count). The molecule has 0 spiro atoms. The second-order valence-corrected chi connectivity index (χ2v) is 7.02. The van der Waals surface area contributed by atoms with E-state index in [0.717, 1.165) is 37.1 Å². The standard InChI is InChI=1S/C18H27N3OS/c1-14-4-2-3-5-17(14)20-18(23)19-15-6-8-16(9-7-15)21-10-12-22-13-11-21/h6-9,14,17H,2-5,10-13H2,1H3,(H2,19,20,23)/t14-,17-/m1/s1. The number of nitrogens with zero attached hydrogens (tertiary/aromatic N) is 1. The van der Waals surface area contributed by atoms with Crippen LogP contribution in [0.4, 0.5) is 11.4 Å². The Hall–Kier alpha value is -1.33. The Bertz CT molecular complexity index is 514. The van der Waals surface area contributed by atoms with E-state index in [0.29, 0.717) is 12.0 Å². The molecule has 2 atom stereocenters. The summed E-state index contributed by atoms with van der Waals surface area (Å²) in [5.74, 6) is 0.701. The molecule has 126 valence electrons. The highest BCUT2D eigenvalue weighted by Gasteiger charge is 2.21. The van der Waals surface area contributed by atoms with Crippen molar-refractivity contribution in [3.63, 3.8) is 0 Å². The molecule has 0 aromatic heterocycles. The van der Waals surface area contributed by atoms with Gasteiger partial charge in [-0.15, -0.1) is 0 Å². The lowest BCUT2D eigenvalue weighted by Crippen LogP contribution is -2.43. The second-order valence-electron chi connectivity index (χ2n) is 6.61. The van der Waals surface area contributed by atoms with E-state index in [-0.39, 0.29) is 0 Å². The fraction of sp³-hybridized carbons (Fsp3) is 0.611. The normalized spacial score (nSPS) is 25.0. The van der Waals surface area contributed by atoms with E-state index in [1.54, 1.807) is 0 Å². The van der Waals surface area contributed by atoms with Gasteiger partial charge in [0.25, 0.3) is 0 Å². The average molecular weight is 334 g/mol. The summed E-state index contributed by atoms with van der Waals surface area (Å²) in [5.41, 5.74) is 2.29. The van der Waals surface area contributed by atoms with Crippen molar-refractivity contribution in [2.45, 2.75) is 38.6 Å². The first-order chi connectivity index (χ1) is 11.2. The summed E-state index contributed by atoms with van der Waals surface area (Å²) >= 11 is 5.48. The van der Waals surface area contributed by atoms with Crippen molar-refractivity contribution in [1.29, 1.82) is 0 Å². The number of anilines is 2. The third-order valence-electron chi connectivity index (χ3n) is 4.93. The Morgan fingerprint density at radius 3 is 2.52 bits per heavy atom. The molecular formula is C18H27N3OS. The van der Waals surface area contributed by atoms with Crippen LogP contribution in [0.2, 0.25) is 0 Å². The lowest BCUT2D eigenvalue weighted by atomic mass is 9.86. The highest BCUT2D eigenvalue weighted by molar-refractivity contribution is 7.80. The maximum atomic E-state index is 5.48. The number of ether oxygens (including phenoxy) is 1. The minimum absolute atomic E-state index is 0.511. The summed E-state index contributed by atoms with van der Waals surface area (Å²) in [7, 11) is 0. The van der Waals surface area contributed by atoms with Gasteiger partial charge in [0.15, 0.2) is 5.11 Å². The van der Waals surface area contributed by atoms with E-state index >= 15 is 0 Å². The Morgan fingerprint density at radius 1 is 1.13 bits per heavy atom. The van der Waals surface area contributed by atoms with E-state index in [4.69, 9.17) is 17.0 Å². The number of rotatable bonds is 3. The minimum Gasteiger partial charge on any atom is -0.378 e. The molecule has 4 nitrogen and oxygen atoms in total. The van der Waals surface area contributed by atoms with E-state index in [2.05, 4.69) is 46.7 Å². The van der Waals surface area contributed by atoms with Crippen molar-refractivity contribution >= 4 is 28.7 Å². The van der Waals surface area contributed by atoms with Crippen LogP contribution in [0.25, 0.3) is 0 Å². The molecule has 1 aromatic carbocycles. The molecule has 1 heterocycles. The van der Waals surface area contributed by atoms with Crippen LogP contribution < -0.4 is 15.5 Å². The SMILES string of the molecule is C[C@@H]1CCCC[C@H]1NC(=S)Nc1ccc(N2CCOCC2)cc1. The van der Waals surface area contributed by atoms with Gasteiger partial charge in [-0.1, -0.05) is 19.8 Å². The minimum atomic E-state index is 0.511. The summed E-state index contributed by atoms with van der Waals surface area (Å²) in [6.45, 7) is 5.87. The van der Waals surface area contributed by atoms with E-state index in [1.165, 1.54) is 31.4 Å². The molecule has 2 aliphatic rings. The van der Waals surface area contributed by atoms with Crippen molar-refractivity contribution in [3.05, 3.63) is 24.3 Å². The van der Waals surface area contributed by atoms with Crippen LogP contribution in [-0.2, 0) is 4.74 Å². The van der Waals surface area contributed by atoms with Gasteiger partial charge in [0.05, 0.1) is 13.2 Å². The number of nitrogens with one attached hydrogen (secondary N) is 2. The molecule has 1 aromatic rings. The molecule has 0 radical (unpaired) electrons. The number of hydrogen-bond donors (Lipinski definition) is 2. The van der Waals surface area contributed by atoms with Gasteiger partial charge in [0.1, 0.15) is 0 Å². The molecule has 0 amide bonds. The first kappa shape index (κ1) is 16.5. The summed E-state index contributed by atoms with van der Waals surface area (Å²) in [6.07, 6.45) is 5.18. The molecule has 1 aliphatic heterocycles. The molecule has 2 fully saturated rings. The lowest BCUT2D eigenvalue weighted by molar-refractivity contribution is 0.122. The highest BCUT2D eigenvalue weighted by atomic mass is 32.1. The van der Waals surface area contributed by atoms with Gasteiger partial charge < -0.3 is 20.3 Å². The van der Waals surface area contributed by atoms with Crippen molar-refractivity contribution in [2.75, 3.05) is 36.5 Å². The zero-order valence-electron chi connectivity index (χ0n) is 13.9. The van der Waals surface area contributed by atoms with Crippen LogP contribution in [0.3, 0.4) is 0 Å². The number of thiocarbonyl (C=S) groups is 1. The fourth-order valence-corrected chi connectivity index (χ4v) is 3.71. The smallest absolute Gasteiger partial charge is 0.171 e. The summed E-state index contributed by atoms with van der Waals surface area (Å²) < 4.78 is 5.40. The highest BCUT2D eigenvalue weighted by Crippen LogP contribution is 2.24. The van der Waals surface area contributed by atoms with E-state index < -0.39 is 0 Å². The van der Waals surface area contributed by atoms with Crippen molar-refractivity contribution in [1.82, 2.24) is 5.32 Å². The van der Waals surface area contributed by atoms with Gasteiger partial charge in [0.2, 0.25) is 0 Å². The van der Waals surface area contributed by atoms with Gasteiger partial charge in [-0.05, 0) is 55.2 Å². The van der Waals surface area contributed by atoms with Crippen LogP contribution in [0.15, 0.2) is 24.3 Å². The van der Waals surface area contributed by atoms with E-state index in [9.17, 15) is 0 Å². The Labute approximate surface area is 144 Å². The monoisotopic (exact) mass is 333 g/mol. The predicted molar refractivity (Wildman–Crippen MR) is 100 cm³/mol. The molecule has 0 unspecified atom stereocenters. The Morgan fingerprint density at radius 2 is 1.83 bits per heavy atom. The summed E-state index contributed by atoms with van der Waals surface area (Å²) in [4.78, 5) is 2.35. The third kappa shape index (κ3) is 4.58. The zero-order valence-corrected chi connectivity index (χ0v) is 14.7. The van der Waals surface area contributed by atoms with Gasteiger partial charge in [-0.3, -0.25) is 0 Å². The second kappa shape index (κ2) is 7.97. The lowest BCUT2D eigenvalue weighted by Gasteiger charge is -2.30. The molecule has 23 heavy (non-hydrogen) atoms. The van der Waals surface area contributed by atoms with Crippen molar-refractivity contribution in [3.8, 4) is 0 Å². The van der Waals surface area contributed by atoms with Crippen LogP contribution >= 0.6 is 12.2 Å². The van der Waals surface area contributed by atoms with E-state index in [1.807, 2.05) is 0 Å². The summed E-state index contributed by atoms with van der Waals surface area (Å²) in [5, 5.41) is 7.54. The van der Waals surface area contributed by atoms with Gasteiger partial charge in [-0.25, -0.2) is 0 Å². The average Bonchev–Trinajstić information content (AvgIpc) is 2.58. The largest absolute Gasteiger partial charge is 0.378 e. The molecule has 2 N–H and O–H groups in total. The number of morpholine rings is 1. The Kier molecular flexibility index (Phi) is 5.73. The van der Waals surface area contributed by atoms with Gasteiger partial charge in [0, 0.05) is 30.5 Å². The third-order valence-corrected chi connectivity index (χ3v) is 5.15. The molecule has 1 aliphatic carbocycles. The quantitative estimate of drug-likeness (QED) is 0.829. The zero-order chi connectivity index (χ0) is 16.1. The van der Waals surface area contributed by atoms with Crippen LogP contribution in [0.1, 0.15) is 32.6 Å². The topological polar surface area (TPSA) is 36.5 Å². The molecule has 1 saturated carbocycles. The number of hydrogen-bond acceptors (Lipinski definition) is 3. The van der Waals surface area contributed by atoms with Gasteiger partial charge >= 0.3 is 0 Å². The van der Waals surface area contributed by atoms with Crippen molar-refractivity contribution in [2.24, 2.45) is 5.92 Å².